The minimum atomic E-state index is 0.102. The van der Waals surface area contributed by atoms with Gasteiger partial charge >= 0.3 is 0 Å². The van der Waals surface area contributed by atoms with E-state index in [0.29, 0.717) is 13.0 Å². The van der Waals surface area contributed by atoms with Gasteiger partial charge in [0.05, 0.1) is 11.0 Å². The van der Waals surface area contributed by atoms with Gasteiger partial charge in [-0.15, -0.1) is 0 Å². The molecular formula is C14H19N3O. The van der Waals surface area contributed by atoms with Crippen molar-refractivity contribution in [2.75, 3.05) is 6.54 Å². The average Bonchev–Trinajstić information content (AvgIpc) is 2.64. The van der Waals surface area contributed by atoms with Gasteiger partial charge in [0, 0.05) is 20.0 Å². The Morgan fingerprint density at radius 1 is 1.44 bits per heavy atom. The number of carbonyl (C=O) groups excluding carboxylic acids is 1. The molecule has 1 aromatic carbocycles. The molecule has 0 saturated heterocycles. The zero-order valence-corrected chi connectivity index (χ0v) is 11.2. The summed E-state index contributed by atoms with van der Waals surface area (Å²) in [5.41, 5.74) is 3.38. The molecule has 0 unspecified atom stereocenters. The Bertz CT molecular complexity index is 572. The quantitative estimate of drug-likeness (QED) is 0.895. The van der Waals surface area contributed by atoms with Crippen LogP contribution >= 0.6 is 0 Å². The van der Waals surface area contributed by atoms with Crippen LogP contribution in [-0.4, -0.2) is 22.0 Å². The molecule has 0 fully saturated rings. The molecule has 0 aliphatic rings. The topological polar surface area (TPSA) is 46.9 Å². The number of aryl methyl sites for hydroxylation is 2. The molecule has 4 nitrogen and oxygen atoms in total. The van der Waals surface area contributed by atoms with Crippen molar-refractivity contribution < 1.29 is 4.79 Å². The summed E-state index contributed by atoms with van der Waals surface area (Å²) in [6.07, 6.45) is 1.38. The van der Waals surface area contributed by atoms with E-state index in [4.69, 9.17) is 0 Å². The molecule has 1 heterocycles. The highest BCUT2D eigenvalue weighted by molar-refractivity contribution is 5.77. The molecule has 18 heavy (non-hydrogen) atoms. The minimum Gasteiger partial charge on any atom is -0.356 e. The molecule has 0 aliphatic carbocycles. The summed E-state index contributed by atoms with van der Waals surface area (Å²) in [6.45, 7) is 4.54. The summed E-state index contributed by atoms with van der Waals surface area (Å²) >= 11 is 0. The molecular weight excluding hydrogens is 226 g/mol. The molecule has 0 saturated carbocycles. The van der Waals surface area contributed by atoms with Crippen LogP contribution in [0.4, 0.5) is 0 Å². The number of nitrogens with zero attached hydrogens (tertiary/aromatic N) is 2. The van der Waals surface area contributed by atoms with Crippen molar-refractivity contribution in [1.29, 1.82) is 0 Å². The zero-order chi connectivity index (χ0) is 13.1. The van der Waals surface area contributed by atoms with Crippen LogP contribution in [0.2, 0.25) is 0 Å². The summed E-state index contributed by atoms with van der Waals surface area (Å²) in [7, 11) is 2.02. The molecule has 2 aromatic rings. The number of rotatable bonds is 4. The summed E-state index contributed by atoms with van der Waals surface area (Å²) in [5.74, 6) is 1.12. The Hall–Kier alpha value is -1.84. The number of aromatic nitrogens is 2. The maximum atomic E-state index is 11.1. The van der Waals surface area contributed by atoms with Gasteiger partial charge < -0.3 is 9.88 Å². The number of hydrogen-bond donors (Lipinski definition) is 1. The van der Waals surface area contributed by atoms with Crippen LogP contribution in [0, 0.1) is 6.92 Å². The first-order valence-electron chi connectivity index (χ1n) is 6.30. The highest BCUT2D eigenvalue weighted by atomic mass is 16.1. The van der Waals surface area contributed by atoms with Crippen LogP contribution in [0.1, 0.15) is 24.7 Å². The molecule has 4 heteroatoms. The van der Waals surface area contributed by atoms with E-state index in [2.05, 4.69) is 33.1 Å². The maximum Gasteiger partial charge on any atom is 0.219 e. The first-order chi connectivity index (χ1) is 8.61. The van der Waals surface area contributed by atoms with Gasteiger partial charge in [-0.3, -0.25) is 4.79 Å². The van der Waals surface area contributed by atoms with Gasteiger partial charge in [-0.2, -0.15) is 0 Å². The monoisotopic (exact) mass is 245 g/mol. The largest absolute Gasteiger partial charge is 0.356 e. The summed E-state index contributed by atoms with van der Waals surface area (Å²) in [6, 6.07) is 6.29. The van der Waals surface area contributed by atoms with Crippen LogP contribution in [0.25, 0.3) is 11.0 Å². The zero-order valence-electron chi connectivity index (χ0n) is 11.2. The van der Waals surface area contributed by atoms with Crippen molar-refractivity contribution in [3.63, 3.8) is 0 Å². The van der Waals surface area contributed by atoms with E-state index in [1.54, 1.807) is 0 Å². The number of hydrogen-bond acceptors (Lipinski definition) is 2. The fraction of sp³-hybridized carbons (Fsp3) is 0.429. The molecule has 0 aliphatic heterocycles. The van der Waals surface area contributed by atoms with Gasteiger partial charge in [-0.1, -0.05) is 13.0 Å². The smallest absolute Gasteiger partial charge is 0.219 e. The van der Waals surface area contributed by atoms with E-state index < -0.39 is 0 Å². The van der Waals surface area contributed by atoms with Crippen LogP contribution in [0.15, 0.2) is 18.2 Å². The summed E-state index contributed by atoms with van der Waals surface area (Å²) < 4.78 is 2.08. The molecule has 2 rings (SSSR count). The molecule has 1 aromatic heterocycles. The Kier molecular flexibility index (Phi) is 3.65. The van der Waals surface area contributed by atoms with E-state index in [9.17, 15) is 4.79 Å². The van der Waals surface area contributed by atoms with Gasteiger partial charge in [-0.25, -0.2) is 4.98 Å². The third-order valence-corrected chi connectivity index (χ3v) is 3.23. The van der Waals surface area contributed by atoms with Gasteiger partial charge in [0.1, 0.15) is 5.82 Å². The van der Waals surface area contributed by atoms with Crippen molar-refractivity contribution in [2.45, 2.75) is 26.7 Å². The number of fused-ring (bicyclic) bond motifs is 1. The number of nitrogens with one attached hydrogen (secondary N) is 1. The Morgan fingerprint density at radius 3 is 2.94 bits per heavy atom. The average molecular weight is 245 g/mol. The fourth-order valence-corrected chi connectivity index (χ4v) is 1.99. The molecule has 0 bridgehead atoms. The van der Waals surface area contributed by atoms with Gasteiger partial charge in [0.15, 0.2) is 0 Å². The summed E-state index contributed by atoms with van der Waals surface area (Å²) in [5, 5.41) is 2.88. The van der Waals surface area contributed by atoms with Crippen molar-refractivity contribution in [3.8, 4) is 0 Å². The molecule has 0 atom stereocenters. The lowest BCUT2D eigenvalue weighted by molar-refractivity contribution is -0.120. The van der Waals surface area contributed by atoms with Crippen molar-refractivity contribution in [2.24, 2.45) is 7.05 Å². The summed E-state index contributed by atoms with van der Waals surface area (Å²) in [4.78, 5) is 15.6. The standard InChI is InChI=1S/C14H19N3O/c1-4-14(18)15-8-7-11-5-6-13-12(9-11)16-10(2)17(13)3/h5-6,9H,4,7-8H2,1-3H3,(H,15,18). The maximum absolute atomic E-state index is 11.1. The van der Waals surface area contributed by atoms with Gasteiger partial charge in [0.25, 0.3) is 0 Å². The second-order valence-electron chi connectivity index (χ2n) is 4.49. The molecule has 1 N–H and O–H groups in total. The van der Waals surface area contributed by atoms with E-state index in [0.717, 1.165) is 23.3 Å². The Morgan fingerprint density at radius 2 is 2.22 bits per heavy atom. The second-order valence-corrected chi connectivity index (χ2v) is 4.49. The first-order valence-corrected chi connectivity index (χ1v) is 6.30. The van der Waals surface area contributed by atoms with E-state index in [1.807, 2.05) is 20.9 Å². The number of carbonyl (C=O) groups is 1. The normalized spacial score (nSPS) is 10.8. The van der Waals surface area contributed by atoms with E-state index in [1.165, 1.54) is 5.56 Å². The lowest BCUT2D eigenvalue weighted by atomic mass is 10.1. The van der Waals surface area contributed by atoms with Crippen LogP contribution in [-0.2, 0) is 18.3 Å². The third kappa shape index (κ3) is 2.53. The molecule has 0 radical (unpaired) electrons. The van der Waals surface area contributed by atoms with Crippen molar-refractivity contribution >= 4 is 16.9 Å². The van der Waals surface area contributed by atoms with Crippen LogP contribution < -0.4 is 5.32 Å². The van der Waals surface area contributed by atoms with Crippen molar-refractivity contribution in [1.82, 2.24) is 14.9 Å². The molecule has 0 spiro atoms. The fourth-order valence-electron chi connectivity index (χ4n) is 1.99. The third-order valence-electron chi connectivity index (χ3n) is 3.23. The number of benzene rings is 1. The van der Waals surface area contributed by atoms with Crippen LogP contribution in [0.3, 0.4) is 0 Å². The van der Waals surface area contributed by atoms with Crippen molar-refractivity contribution in [3.05, 3.63) is 29.6 Å². The number of amides is 1. The lowest BCUT2D eigenvalue weighted by Gasteiger charge is -2.04. The van der Waals surface area contributed by atoms with Gasteiger partial charge in [0.2, 0.25) is 5.91 Å². The number of imidazole rings is 1. The predicted octanol–water partition coefficient (Wildman–Crippen LogP) is 1.95. The highest BCUT2D eigenvalue weighted by Gasteiger charge is 2.05. The second kappa shape index (κ2) is 5.21. The molecule has 96 valence electrons. The van der Waals surface area contributed by atoms with Gasteiger partial charge in [-0.05, 0) is 31.0 Å². The first kappa shape index (κ1) is 12.6. The molecule has 1 amide bonds. The Labute approximate surface area is 107 Å². The lowest BCUT2D eigenvalue weighted by Crippen LogP contribution is -2.24. The highest BCUT2D eigenvalue weighted by Crippen LogP contribution is 2.16. The predicted molar refractivity (Wildman–Crippen MR) is 72.5 cm³/mol. The van der Waals surface area contributed by atoms with Crippen LogP contribution in [0.5, 0.6) is 0 Å². The van der Waals surface area contributed by atoms with E-state index >= 15 is 0 Å². The minimum absolute atomic E-state index is 0.102. The Balaban J connectivity index is 2.08. The van der Waals surface area contributed by atoms with E-state index in [-0.39, 0.29) is 5.91 Å². The SMILES string of the molecule is CCC(=O)NCCc1ccc2c(c1)nc(C)n2C.